The summed E-state index contributed by atoms with van der Waals surface area (Å²) < 4.78 is 42.0. The number of anilines is 1. The second-order valence-corrected chi connectivity index (χ2v) is 11.8. The Hall–Kier alpha value is -3.43. The van der Waals surface area contributed by atoms with Gasteiger partial charge in [-0.05, 0) is 66.4 Å². The Morgan fingerprint density at radius 2 is 1.56 bits per heavy atom. The third kappa shape index (κ3) is 8.03. The molecule has 0 saturated carbocycles. The summed E-state index contributed by atoms with van der Waals surface area (Å²) in [5.41, 5.74) is 0.847. The molecule has 3 rings (SSSR count). The van der Waals surface area contributed by atoms with E-state index in [0.29, 0.717) is 18.0 Å². The van der Waals surface area contributed by atoms with E-state index in [2.05, 4.69) is 5.32 Å². The fourth-order valence-electron chi connectivity index (χ4n) is 3.98. The number of rotatable bonds is 12. The number of amides is 2. The lowest BCUT2D eigenvalue weighted by Crippen LogP contribution is -2.52. The first-order valence-electron chi connectivity index (χ1n) is 12.7. The lowest BCUT2D eigenvalue weighted by atomic mass is 10.1. The third-order valence-electron chi connectivity index (χ3n) is 6.06. The number of carbonyl (C=O) groups is 2. The van der Waals surface area contributed by atoms with Gasteiger partial charge in [-0.3, -0.25) is 13.9 Å². The number of benzene rings is 3. The molecule has 0 aliphatic rings. The molecule has 0 unspecified atom stereocenters. The summed E-state index contributed by atoms with van der Waals surface area (Å²) in [5, 5.41) is 3.41. The fourth-order valence-corrected chi connectivity index (χ4v) is 5.55. The van der Waals surface area contributed by atoms with Crippen molar-refractivity contribution in [2.24, 2.45) is 5.92 Å². The van der Waals surface area contributed by atoms with E-state index in [0.717, 1.165) is 22.0 Å². The first-order chi connectivity index (χ1) is 18.5. The summed E-state index contributed by atoms with van der Waals surface area (Å²) in [6.07, 6.45) is 0.311. The molecule has 0 saturated heterocycles. The molecule has 1 atom stereocenters. The smallest absolute Gasteiger partial charge is 0.264 e. The predicted octanol–water partition coefficient (Wildman–Crippen LogP) is 5.25. The molecule has 0 bridgehead atoms. The lowest BCUT2D eigenvalue weighted by Gasteiger charge is -2.33. The summed E-state index contributed by atoms with van der Waals surface area (Å²) in [4.78, 5) is 28.5. The van der Waals surface area contributed by atoms with Crippen LogP contribution in [-0.4, -0.2) is 44.3 Å². The molecule has 0 heterocycles. The molecule has 208 valence electrons. The second-order valence-electron chi connectivity index (χ2n) is 9.51. The van der Waals surface area contributed by atoms with Gasteiger partial charge in [0.05, 0.1) is 10.6 Å². The number of nitrogens with one attached hydrogen (secondary N) is 1. The van der Waals surface area contributed by atoms with E-state index in [1.165, 1.54) is 29.2 Å². The quantitative estimate of drug-likeness (QED) is 0.320. The monoisotopic (exact) mass is 573 g/mol. The molecule has 0 aromatic heterocycles. The highest BCUT2D eigenvalue weighted by Crippen LogP contribution is 2.25. The Kier molecular flexibility index (Phi) is 10.5. The van der Waals surface area contributed by atoms with Gasteiger partial charge in [-0.1, -0.05) is 62.7 Å². The number of nitrogens with zero attached hydrogens (tertiary/aromatic N) is 2. The summed E-state index contributed by atoms with van der Waals surface area (Å²) in [6.45, 7) is 5.62. The molecule has 0 aliphatic heterocycles. The zero-order valence-corrected chi connectivity index (χ0v) is 23.8. The van der Waals surface area contributed by atoms with Crippen LogP contribution in [0.4, 0.5) is 10.1 Å². The van der Waals surface area contributed by atoms with Gasteiger partial charge in [0.2, 0.25) is 11.8 Å². The molecule has 0 radical (unpaired) electrons. The van der Waals surface area contributed by atoms with Gasteiger partial charge in [0, 0.05) is 18.1 Å². The van der Waals surface area contributed by atoms with Crippen LogP contribution >= 0.6 is 11.6 Å². The van der Waals surface area contributed by atoms with Crippen LogP contribution in [0.5, 0.6) is 0 Å². The highest BCUT2D eigenvalue weighted by atomic mass is 35.5. The maximum Gasteiger partial charge on any atom is 0.264 e. The predicted molar refractivity (Wildman–Crippen MR) is 151 cm³/mol. The minimum atomic E-state index is -4.20. The number of hydrogen-bond acceptors (Lipinski definition) is 4. The van der Waals surface area contributed by atoms with Crippen molar-refractivity contribution in [2.45, 2.75) is 44.7 Å². The Labute approximate surface area is 234 Å². The summed E-state index contributed by atoms with van der Waals surface area (Å²) in [5.74, 6) is -1.25. The van der Waals surface area contributed by atoms with Crippen molar-refractivity contribution < 1.29 is 22.4 Å². The van der Waals surface area contributed by atoms with Crippen LogP contribution in [0.15, 0.2) is 83.8 Å². The summed E-state index contributed by atoms with van der Waals surface area (Å²) in [7, 11) is -4.20. The van der Waals surface area contributed by atoms with E-state index in [1.807, 2.05) is 13.8 Å². The van der Waals surface area contributed by atoms with Crippen LogP contribution in [0.1, 0.15) is 32.8 Å². The second kappa shape index (κ2) is 13.6. The van der Waals surface area contributed by atoms with Gasteiger partial charge in [-0.25, -0.2) is 12.8 Å². The van der Waals surface area contributed by atoms with Gasteiger partial charge in [-0.15, -0.1) is 0 Å². The summed E-state index contributed by atoms with van der Waals surface area (Å²) >= 11 is 6.03. The van der Waals surface area contributed by atoms with Crippen LogP contribution in [0.2, 0.25) is 5.02 Å². The molecule has 39 heavy (non-hydrogen) atoms. The van der Waals surface area contributed by atoms with Gasteiger partial charge < -0.3 is 10.2 Å². The molecule has 0 aliphatic carbocycles. The first kappa shape index (κ1) is 30.1. The van der Waals surface area contributed by atoms with Crippen molar-refractivity contribution in [3.05, 3.63) is 95.3 Å². The number of sulfonamides is 1. The van der Waals surface area contributed by atoms with Crippen molar-refractivity contribution in [1.29, 1.82) is 0 Å². The molecule has 0 fully saturated rings. The van der Waals surface area contributed by atoms with Crippen LogP contribution in [-0.2, 0) is 26.2 Å². The van der Waals surface area contributed by atoms with Crippen molar-refractivity contribution in [3.8, 4) is 0 Å². The third-order valence-corrected chi connectivity index (χ3v) is 8.10. The van der Waals surface area contributed by atoms with Crippen LogP contribution in [0.25, 0.3) is 0 Å². The van der Waals surface area contributed by atoms with Gasteiger partial charge in [0.15, 0.2) is 0 Å². The standard InChI is InChI=1S/C29H33ClFN3O4S/c1-4-27(29(36)32-18-21(2)3)33(19-22-10-12-23(30)13-11-22)28(35)20-34(25-16-14-24(31)15-17-25)39(37,38)26-8-6-5-7-9-26/h5-17,21,27H,4,18-20H2,1-3H3,(H,32,36)/t27-/m1/s1. The molecule has 2 amide bonds. The molecule has 0 spiro atoms. The number of halogens is 2. The normalized spacial score (nSPS) is 12.2. The Balaban J connectivity index is 2.02. The zero-order chi connectivity index (χ0) is 28.6. The Bertz CT molecular complexity index is 1350. The first-order valence-corrected chi connectivity index (χ1v) is 14.5. The zero-order valence-electron chi connectivity index (χ0n) is 22.2. The van der Waals surface area contributed by atoms with E-state index < -0.39 is 34.3 Å². The Morgan fingerprint density at radius 1 is 0.949 bits per heavy atom. The van der Waals surface area contributed by atoms with Crippen molar-refractivity contribution in [2.75, 3.05) is 17.4 Å². The Morgan fingerprint density at radius 3 is 2.13 bits per heavy atom. The van der Waals surface area contributed by atoms with Crippen LogP contribution in [0.3, 0.4) is 0 Å². The fraction of sp³-hybridized carbons (Fsp3) is 0.310. The largest absolute Gasteiger partial charge is 0.354 e. The van der Waals surface area contributed by atoms with Crippen molar-refractivity contribution >= 4 is 39.1 Å². The van der Waals surface area contributed by atoms with Crippen LogP contribution < -0.4 is 9.62 Å². The van der Waals surface area contributed by atoms with Gasteiger partial charge >= 0.3 is 0 Å². The molecule has 1 N–H and O–H groups in total. The average Bonchev–Trinajstić information content (AvgIpc) is 2.92. The van der Waals surface area contributed by atoms with Gasteiger partial charge in [0.25, 0.3) is 10.0 Å². The number of hydrogen-bond donors (Lipinski definition) is 1. The molecule has 3 aromatic rings. The maximum atomic E-state index is 13.9. The van der Waals surface area contributed by atoms with Gasteiger partial charge in [-0.2, -0.15) is 0 Å². The molecular weight excluding hydrogens is 541 g/mol. The summed E-state index contributed by atoms with van der Waals surface area (Å²) in [6, 6.07) is 18.6. The highest BCUT2D eigenvalue weighted by molar-refractivity contribution is 7.92. The lowest BCUT2D eigenvalue weighted by molar-refractivity contribution is -0.140. The number of carbonyl (C=O) groups excluding carboxylic acids is 2. The van der Waals surface area contributed by atoms with E-state index >= 15 is 0 Å². The molecule has 3 aromatic carbocycles. The minimum absolute atomic E-state index is 0.0203. The van der Waals surface area contributed by atoms with E-state index in [-0.39, 0.29) is 29.0 Å². The van der Waals surface area contributed by atoms with E-state index in [4.69, 9.17) is 11.6 Å². The van der Waals surface area contributed by atoms with Crippen molar-refractivity contribution in [3.63, 3.8) is 0 Å². The molecule has 7 nitrogen and oxygen atoms in total. The van der Waals surface area contributed by atoms with Gasteiger partial charge in [0.1, 0.15) is 18.4 Å². The SMILES string of the molecule is CC[C@H](C(=O)NCC(C)C)N(Cc1ccc(Cl)cc1)C(=O)CN(c1ccc(F)cc1)S(=O)(=O)c1ccccc1. The molecule has 10 heteroatoms. The van der Waals surface area contributed by atoms with E-state index in [9.17, 15) is 22.4 Å². The minimum Gasteiger partial charge on any atom is -0.354 e. The van der Waals surface area contributed by atoms with Crippen molar-refractivity contribution in [1.82, 2.24) is 10.2 Å². The topological polar surface area (TPSA) is 86.8 Å². The maximum absolute atomic E-state index is 13.9. The van der Waals surface area contributed by atoms with E-state index in [1.54, 1.807) is 49.4 Å². The highest BCUT2D eigenvalue weighted by Gasteiger charge is 2.33. The average molecular weight is 574 g/mol. The van der Waals surface area contributed by atoms with Crippen LogP contribution in [0, 0.1) is 11.7 Å². The molecular formula is C29H33ClFN3O4S.